The van der Waals surface area contributed by atoms with Gasteiger partial charge >= 0.3 is 0 Å². The van der Waals surface area contributed by atoms with Gasteiger partial charge in [-0.05, 0) is 30.3 Å². The number of aliphatic imine (C=N–C) groups is 1. The molecule has 1 aliphatic heterocycles. The van der Waals surface area contributed by atoms with Gasteiger partial charge in [0, 0.05) is 17.5 Å². The lowest BCUT2D eigenvalue weighted by Crippen LogP contribution is -2.43. The first-order chi connectivity index (χ1) is 11.5. The summed E-state index contributed by atoms with van der Waals surface area (Å²) >= 11 is 6.11. The zero-order valence-corrected chi connectivity index (χ0v) is 13.7. The molecule has 0 spiro atoms. The zero-order chi connectivity index (χ0) is 17.1. The van der Waals surface area contributed by atoms with E-state index in [0.29, 0.717) is 27.8 Å². The van der Waals surface area contributed by atoms with Gasteiger partial charge in [-0.15, -0.1) is 0 Å². The van der Waals surface area contributed by atoms with Gasteiger partial charge < -0.3 is 5.21 Å². The van der Waals surface area contributed by atoms with E-state index in [2.05, 4.69) is 15.8 Å². The van der Waals surface area contributed by atoms with E-state index in [1.165, 1.54) is 6.92 Å². The zero-order valence-electron chi connectivity index (χ0n) is 12.9. The van der Waals surface area contributed by atoms with E-state index in [0.717, 1.165) is 10.3 Å². The van der Waals surface area contributed by atoms with Crippen LogP contribution in [0.1, 0.15) is 18.1 Å². The number of fused-ring (bicyclic) bond motifs is 1. The molecule has 1 amide bonds. The minimum atomic E-state index is -0.275. The van der Waals surface area contributed by atoms with Gasteiger partial charge in [-0.3, -0.25) is 15.6 Å². The lowest BCUT2D eigenvalue weighted by molar-refractivity contribution is -0.439. The molecule has 2 aromatic carbocycles. The second-order valence-corrected chi connectivity index (χ2v) is 5.71. The summed E-state index contributed by atoms with van der Waals surface area (Å²) < 4.78 is 0.838. The molecular formula is C17H15ClN4O2. The van der Waals surface area contributed by atoms with Gasteiger partial charge in [-0.2, -0.15) is 4.74 Å². The fourth-order valence-electron chi connectivity index (χ4n) is 2.45. The Kier molecular flexibility index (Phi) is 4.48. The molecule has 1 aliphatic rings. The van der Waals surface area contributed by atoms with Crippen molar-refractivity contribution in [3.63, 3.8) is 0 Å². The van der Waals surface area contributed by atoms with Crippen molar-refractivity contribution in [2.75, 3.05) is 6.54 Å². The summed E-state index contributed by atoms with van der Waals surface area (Å²) in [6.45, 7) is 1.34. The molecule has 2 N–H and O–H groups in total. The van der Waals surface area contributed by atoms with Gasteiger partial charge in [0.05, 0.1) is 11.3 Å². The monoisotopic (exact) mass is 342 g/mol. The fraction of sp³-hybridized carbons (Fsp3) is 0.118. The summed E-state index contributed by atoms with van der Waals surface area (Å²) in [4.78, 5) is 15.5. The summed E-state index contributed by atoms with van der Waals surface area (Å²) in [7, 11) is 0. The minimum absolute atomic E-state index is 0.0309. The molecule has 0 bridgehead atoms. The van der Waals surface area contributed by atoms with Gasteiger partial charge in [0.15, 0.2) is 5.84 Å². The van der Waals surface area contributed by atoms with Crippen LogP contribution in [0.15, 0.2) is 53.5 Å². The van der Waals surface area contributed by atoms with Crippen LogP contribution in [0.4, 0.5) is 5.69 Å². The second kappa shape index (κ2) is 6.72. The molecule has 1 heterocycles. The minimum Gasteiger partial charge on any atom is -0.623 e. The predicted molar refractivity (Wildman–Crippen MR) is 93.6 cm³/mol. The third-order valence-corrected chi connectivity index (χ3v) is 3.68. The van der Waals surface area contributed by atoms with Crippen molar-refractivity contribution in [2.45, 2.75) is 6.92 Å². The molecule has 6 nitrogen and oxygen atoms in total. The van der Waals surface area contributed by atoms with E-state index in [1.54, 1.807) is 18.2 Å². The molecule has 3 rings (SSSR count). The van der Waals surface area contributed by atoms with Gasteiger partial charge in [0.1, 0.15) is 0 Å². The van der Waals surface area contributed by atoms with Crippen molar-refractivity contribution in [1.82, 2.24) is 10.9 Å². The van der Waals surface area contributed by atoms with Crippen LogP contribution in [0, 0.1) is 5.21 Å². The number of halogens is 1. The Hall–Kier alpha value is -2.86. The average Bonchev–Trinajstić information content (AvgIpc) is 2.69. The molecular weight excluding hydrogens is 328 g/mol. The summed E-state index contributed by atoms with van der Waals surface area (Å²) in [6, 6.07) is 14.5. The third-order valence-electron chi connectivity index (χ3n) is 3.44. The summed E-state index contributed by atoms with van der Waals surface area (Å²) in [6.07, 6.45) is 0. The Balaban J connectivity index is 2.13. The highest BCUT2D eigenvalue weighted by Crippen LogP contribution is 2.28. The van der Waals surface area contributed by atoms with Gasteiger partial charge in [0.25, 0.3) is 0 Å². The molecule has 0 saturated carbocycles. The number of nitrogens with zero attached hydrogens (tertiary/aromatic N) is 2. The van der Waals surface area contributed by atoms with Crippen LogP contribution >= 0.6 is 11.6 Å². The highest BCUT2D eigenvalue weighted by Gasteiger charge is 2.24. The van der Waals surface area contributed by atoms with Crippen LogP contribution in [0.5, 0.6) is 0 Å². The standard InChI is InChI=1S/C17H15ClN4O2/c1-11(23)20-21-16-10-22(24)17(12-5-3-2-4-6-12)14-9-13(18)7-8-15(14)19-16/h2-9H,10H2,1H3,(H,19,21)(H,20,23). The van der Waals surface area contributed by atoms with Crippen LogP contribution < -0.4 is 10.9 Å². The normalized spacial score (nSPS) is 13.7. The molecule has 24 heavy (non-hydrogen) atoms. The Bertz CT molecular complexity index is 847. The van der Waals surface area contributed by atoms with E-state index in [-0.39, 0.29) is 12.5 Å². The van der Waals surface area contributed by atoms with Crippen LogP contribution in [0.25, 0.3) is 0 Å². The molecule has 0 atom stereocenters. The molecule has 0 radical (unpaired) electrons. The van der Waals surface area contributed by atoms with Crippen molar-refractivity contribution in [3.05, 3.63) is 69.9 Å². The lowest BCUT2D eigenvalue weighted by Gasteiger charge is -2.11. The number of nitrogens with one attached hydrogen (secondary N) is 2. The highest BCUT2D eigenvalue weighted by molar-refractivity contribution is 6.31. The van der Waals surface area contributed by atoms with Crippen molar-refractivity contribution in [2.24, 2.45) is 4.99 Å². The number of hydroxylamine groups is 1. The second-order valence-electron chi connectivity index (χ2n) is 5.28. The number of benzene rings is 2. The number of hydrogen-bond donors (Lipinski definition) is 2. The van der Waals surface area contributed by atoms with Crippen molar-refractivity contribution < 1.29 is 9.53 Å². The topological polar surface area (TPSA) is 79.6 Å². The van der Waals surface area contributed by atoms with Crippen molar-refractivity contribution >= 4 is 34.7 Å². The Morgan fingerprint density at radius 3 is 2.71 bits per heavy atom. The molecule has 2 aromatic rings. The first-order valence-electron chi connectivity index (χ1n) is 7.31. The van der Waals surface area contributed by atoms with Gasteiger partial charge in [0.2, 0.25) is 18.2 Å². The Morgan fingerprint density at radius 1 is 1.25 bits per heavy atom. The third kappa shape index (κ3) is 3.38. The Labute approximate surface area is 144 Å². The van der Waals surface area contributed by atoms with E-state index in [4.69, 9.17) is 11.6 Å². The molecule has 0 fully saturated rings. The predicted octanol–water partition coefficient (Wildman–Crippen LogP) is 2.37. The SMILES string of the molecule is CC(=O)NNC1=Nc2ccc(Cl)cc2C(c2ccccc2)=[N+]([O-])C1. The van der Waals surface area contributed by atoms with E-state index < -0.39 is 0 Å². The fourth-order valence-corrected chi connectivity index (χ4v) is 2.62. The van der Waals surface area contributed by atoms with Crippen molar-refractivity contribution in [3.8, 4) is 0 Å². The van der Waals surface area contributed by atoms with E-state index in [1.807, 2.05) is 30.3 Å². The van der Waals surface area contributed by atoms with E-state index >= 15 is 0 Å². The first kappa shape index (κ1) is 16.0. The molecule has 0 saturated heterocycles. The first-order valence-corrected chi connectivity index (χ1v) is 7.69. The van der Waals surface area contributed by atoms with Crippen LogP contribution in [0.2, 0.25) is 5.02 Å². The van der Waals surface area contributed by atoms with Crippen LogP contribution in [-0.4, -0.2) is 28.7 Å². The number of carbonyl (C=O) groups is 1. The molecule has 0 aromatic heterocycles. The maximum atomic E-state index is 12.7. The molecule has 7 heteroatoms. The number of hydrazine groups is 1. The number of hydrogen-bond acceptors (Lipinski definition) is 4. The quantitative estimate of drug-likeness (QED) is 0.474. The maximum Gasteiger partial charge on any atom is 0.235 e. The smallest absolute Gasteiger partial charge is 0.235 e. The highest BCUT2D eigenvalue weighted by atomic mass is 35.5. The van der Waals surface area contributed by atoms with Gasteiger partial charge in [-0.1, -0.05) is 29.8 Å². The number of rotatable bonds is 1. The summed E-state index contributed by atoms with van der Waals surface area (Å²) in [5.74, 6) is 0.0673. The van der Waals surface area contributed by atoms with Crippen LogP contribution in [0.3, 0.4) is 0 Å². The van der Waals surface area contributed by atoms with E-state index in [9.17, 15) is 10.0 Å². The Morgan fingerprint density at radius 2 is 2.00 bits per heavy atom. The van der Waals surface area contributed by atoms with Crippen molar-refractivity contribution in [1.29, 1.82) is 0 Å². The average molecular weight is 343 g/mol. The number of carbonyl (C=O) groups excluding carboxylic acids is 1. The number of amidine groups is 1. The lowest BCUT2D eigenvalue weighted by atomic mass is 10.0. The summed E-state index contributed by atoms with van der Waals surface area (Å²) in [5, 5.41) is 13.3. The maximum absolute atomic E-state index is 12.7. The molecule has 0 unspecified atom stereocenters. The molecule has 122 valence electrons. The van der Waals surface area contributed by atoms with Crippen LogP contribution in [-0.2, 0) is 4.79 Å². The molecule has 0 aliphatic carbocycles. The largest absolute Gasteiger partial charge is 0.623 e. The van der Waals surface area contributed by atoms with Gasteiger partial charge in [-0.25, -0.2) is 4.99 Å². The summed E-state index contributed by atoms with van der Waals surface area (Å²) in [5.41, 5.74) is 7.62. The number of amides is 1.